The largest absolute Gasteiger partial charge is 0.370 e. The Morgan fingerprint density at radius 1 is 1.08 bits per heavy atom. The third-order valence-corrected chi connectivity index (χ3v) is 6.19. The lowest BCUT2D eigenvalue weighted by Gasteiger charge is -2.22. The van der Waals surface area contributed by atoms with Crippen LogP contribution in [0.2, 0.25) is 0 Å². The van der Waals surface area contributed by atoms with Crippen LogP contribution in [0.15, 0.2) is 24.3 Å². The van der Waals surface area contributed by atoms with Crippen molar-refractivity contribution in [2.24, 2.45) is 5.92 Å². The van der Waals surface area contributed by atoms with Crippen molar-refractivity contribution >= 4 is 17.5 Å². The Morgan fingerprint density at radius 2 is 1.88 bits per heavy atom. The summed E-state index contributed by atoms with van der Waals surface area (Å²) in [7, 11) is 0. The van der Waals surface area contributed by atoms with E-state index in [9.17, 15) is 9.59 Å². The Kier molecular flexibility index (Phi) is 5.14. The van der Waals surface area contributed by atoms with Gasteiger partial charge in [0.05, 0.1) is 5.92 Å². The molecule has 2 heterocycles. The van der Waals surface area contributed by atoms with Crippen molar-refractivity contribution in [2.45, 2.75) is 51.0 Å². The molecule has 4 rings (SSSR count). The number of fused-ring (bicyclic) bond motifs is 1. The number of amides is 2. The molecular formula is C21H29N3O2. The topological polar surface area (TPSA) is 52.7 Å². The SMILES string of the molecule is O=C(NC1CCCC1)[C@@H]1CCN(C(=O)CCN2CCc3ccccc32)C1. The van der Waals surface area contributed by atoms with E-state index in [1.54, 1.807) is 0 Å². The fourth-order valence-electron chi connectivity index (χ4n) is 4.62. The van der Waals surface area contributed by atoms with Gasteiger partial charge in [0.2, 0.25) is 11.8 Å². The third kappa shape index (κ3) is 3.71. The number of hydrogen-bond donors (Lipinski definition) is 1. The number of nitrogens with zero attached hydrogens (tertiary/aromatic N) is 2. The van der Waals surface area contributed by atoms with Crippen LogP contribution in [0.4, 0.5) is 5.69 Å². The molecule has 1 saturated carbocycles. The van der Waals surface area contributed by atoms with Gasteiger partial charge in [-0.1, -0.05) is 31.0 Å². The summed E-state index contributed by atoms with van der Waals surface area (Å²) in [6, 6.07) is 8.82. The van der Waals surface area contributed by atoms with Crippen molar-refractivity contribution < 1.29 is 9.59 Å². The van der Waals surface area contributed by atoms with Gasteiger partial charge < -0.3 is 15.1 Å². The summed E-state index contributed by atoms with van der Waals surface area (Å²) in [5.41, 5.74) is 2.65. The number of rotatable bonds is 5. The van der Waals surface area contributed by atoms with Crippen LogP contribution in [-0.2, 0) is 16.0 Å². The molecular weight excluding hydrogens is 326 g/mol. The molecule has 1 atom stereocenters. The first-order valence-electron chi connectivity index (χ1n) is 10.1. The highest BCUT2D eigenvalue weighted by Gasteiger charge is 2.32. The second kappa shape index (κ2) is 7.68. The van der Waals surface area contributed by atoms with E-state index >= 15 is 0 Å². The molecule has 1 aliphatic carbocycles. The fraction of sp³-hybridized carbons (Fsp3) is 0.619. The molecule has 5 nitrogen and oxygen atoms in total. The summed E-state index contributed by atoms with van der Waals surface area (Å²) in [5.74, 6) is 0.318. The lowest BCUT2D eigenvalue weighted by molar-refractivity contribution is -0.130. The van der Waals surface area contributed by atoms with E-state index in [4.69, 9.17) is 0 Å². The quantitative estimate of drug-likeness (QED) is 0.882. The van der Waals surface area contributed by atoms with Gasteiger partial charge in [-0.25, -0.2) is 0 Å². The monoisotopic (exact) mass is 355 g/mol. The number of carbonyl (C=O) groups excluding carboxylic acids is 2. The summed E-state index contributed by atoms with van der Waals surface area (Å²) >= 11 is 0. The van der Waals surface area contributed by atoms with E-state index in [-0.39, 0.29) is 17.7 Å². The third-order valence-electron chi connectivity index (χ3n) is 6.19. The average Bonchev–Trinajstić information content (AvgIpc) is 3.40. The van der Waals surface area contributed by atoms with Gasteiger partial charge in [0.25, 0.3) is 0 Å². The lowest BCUT2D eigenvalue weighted by Crippen LogP contribution is -2.39. The average molecular weight is 355 g/mol. The first kappa shape index (κ1) is 17.4. The zero-order chi connectivity index (χ0) is 17.9. The molecule has 0 bridgehead atoms. The minimum atomic E-state index is -0.0212. The second-order valence-corrected chi connectivity index (χ2v) is 7.93. The van der Waals surface area contributed by atoms with Crippen LogP contribution in [-0.4, -0.2) is 48.9 Å². The maximum Gasteiger partial charge on any atom is 0.225 e. The molecule has 0 aromatic heterocycles. The van der Waals surface area contributed by atoms with Gasteiger partial charge in [-0.3, -0.25) is 9.59 Å². The van der Waals surface area contributed by atoms with Crippen LogP contribution >= 0.6 is 0 Å². The number of para-hydroxylation sites is 1. The minimum absolute atomic E-state index is 0.0212. The highest BCUT2D eigenvalue weighted by atomic mass is 16.2. The molecule has 0 radical (unpaired) electrons. The molecule has 1 N–H and O–H groups in total. The van der Waals surface area contributed by atoms with Crippen molar-refractivity contribution in [2.75, 3.05) is 31.1 Å². The fourth-order valence-corrected chi connectivity index (χ4v) is 4.62. The summed E-state index contributed by atoms with van der Waals surface area (Å²) in [4.78, 5) is 29.2. The summed E-state index contributed by atoms with van der Waals surface area (Å²) in [5, 5.41) is 3.18. The van der Waals surface area contributed by atoms with E-state index in [1.165, 1.54) is 24.1 Å². The van der Waals surface area contributed by atoms with Crippen molar-refractivity contribution in [3.8, 4) is 0 Å². The van der Waals surface area contributed by atoms with Crippen molar-refractivity contribution in [1.82, 2.24) is 10.2 Å². The van der Waals surface area contributed by atoms with Gasteiger partial charge >= 0.3 is 0 Å². The Hall–Kier alpha value is -2.04. The Morgan fingerprint density at radius 3 is 2.73 bits per heavy atom. The van der Waals surface area contributed by atoms with Gasteiger partial charge in [0.15, 0.2) is 0 Å². The zero-order valence-electron chi connectivity index (χ0n) is 15.5. The molecule has 1 aromatic rings. The standard InChI is InChI=1S/C21H29N3O2/c25-20(11-14-23-12-9-16-5-1-4-8-19(16)23)24-13-10-17(15-24)21(26)22-18-6-2-3-7-18/h1,4-5,8,17-18H,2-3,6-7,9-15H2,(H,22,26)/t17-/m1/s1. The molecule has 140 valence electrons. The maximum absolute atomic E-state index is 12.6. The highest BCUT2D eigenvalue weighted by molar-refractivity contribution is 5.82. The van der Waals surface area contributed by atoms with Crippen molar-refractivity contribution in [1.29, 1.82) is 0 Å². The molecule has 5 heteroatoms. The van der Waals surface area contributed by atoms with Crippen LogP contribution in [0.1, 0.15) is 44.1 Å². The van der Waals surface area contributed by atoms with Gasteiger partial charge in [0.1, 0.15) is 0 Å². The summed E-state index contributed by atoms with van der Waals surface area (Å²) in [6.45, 7) is 3.08. The number of nitrogens with one attached hydrogen (secondary N) is 1. The van der Waals surface area contributed by atoms with Gasteiger partial charge in [-0.2, -0.15) is 0 Å². The molecule has 1 aromatic carbocycles. The molecule has 2 amide bonds. The van der Waals surface area contributed by atoms with E-state index in [2.05, 4.69) is 34.5 Å². The number of anilines is 1. The van der Waals surface area contributed by atoms with Crippen LogP contribution in [0, 0.1) is 5.92 Å². The number of hydrogen-bond acceptors (Lipinski definition) is 3. The van der Waals surface area contributed by atoms with Gasteiger partial charge in [0, 0.05) is 44.3 Å². The van der Waals surface area contributed by atoms with E-state index in [1.807, 2.05) is 4.90 Å². The molecule has 2 aliphatic heterocycles. The number of benzene rings is 1. The van der Waals surface area contributed by atoms with Gasteiger partial charge in [-0.15, -0.1) is 0 Å². The lowest BCUT2D eigenvalue weighted by atomic mass is 10.1. The van der Waals surface area contributed by atoms with E-state index in [0.717, 1.165) is 45.3 Å². The molecule has 3 aliphatic rings. The molecule has 1 saturated heterocycles. The Labute approximate surface area is 155 Å². The number of carbonyl (C=O) groups is 2. The Balaban J connectivity index is 1.24. The van der Waals surface area contributed by atoms with Crippen molar-refractivity contribution in [3.05, 3.63) is 29.8 Å². The van der Waals surface area contributed by atoms with Crippen LogP contribution in [0.25, 0.3) is 0 Å². The van der Waals surface area contributed by atoms with Crippen LogP contribution < -0.4 is 10.2 Å². The normalized spacial score (nSPS) is 22.7. The van der Waals surface area contributed by atoms with Crippen LogP contribution in [0.5, 0.6) is 0 Å². The van der Waals surface area contributed by atoms with E-state index < -0.39 is 0 Å². The summed E-state index contributed by atoms with van der Waals surface area (Å²) < 4.78 is 0. The predicted molar refractivity (Wildman–Crippen MR) is 102 cm³/mol. The molecule has 0 spiro atoms. The molecule has 26 heavy (non-hydrogen) atoms. The Bertz CT molecular complexity index is 669. The summed E-state index contributed by atoms with van der Waals surface area (Å²) in [6.07, 6.45) is 7.07. The van der Waals surface area contributed by atoms with E-state index in [0.29, 0.717) is 19.0 Å². The second-order valence-electron chi connectivity index (χ2n) is 7.93. The first-order valence-corrected chi connectivity index (χ1v) is 10.1. The number of likely N-dealkylation sites (tertiary alicyclic amines) is 1. The highest BCUT2D eigenvalue weighted by Crippen LogP contribution is 2.27. The predicted octanol–water partition coefficient (Wildman–Crippen LogP) is 2.35. The van der Waals surface area contributed by atoms with Crippen molar-refractivity contribution in [3.63, 3.8) is 0 Å². The van der Waals surface area contributed by atoms with Crippen LogP contribution in [0.3, 0.4) is 0 Å². The minimum Gasteiger partial charge on any atom is -0.370 e. The smallest absolute Gasteiger partial charge is 0.225 e. The molecule has 2 fully saturated rings. The first-order chi connectivity index (χ1) is 12.7. The van der Waals surface area contributed by atoms with Gasteiger partial charge in [-0.05, 0) is 37.3 Å². The molecule has 0 unspecified atom stereocenters. The maximum atomic E-state index is 12.6. The zero-order valence-corrected chi connectivity index (χ0v) is 15.5.